The van der Waals surface area contributed by atoms with Crippen molar-refractivity contribution in [3.63, 3.8) is 0 Å². The summed E-state index contributed by atoms with van der Waals surface area (Å²) in [6, 6.07) is 9.39. The van der Waals surface area contributed by atoms with Crippen molar-refractivity contribution >= 4 is 29.1 Å². The number of nitrogens with one attached hydrogen (secondary N) is 2. The molecule has 1 saturated heterocycles. The summed E-state index contributed by atoms with van der Waals surface area (Å²) in [6.07, 6.45) is 1.70. The molecule has 0 unspecified atom stereocenters. The van der Waals surface area contributed by atoms with Crippen molar-refractivity contribution < 1.29 is 9.59 Å². The van der Waals surface area contributed by atoms with Gasteiger partial charge in [0.2, 0.25) is 5.91 Å². The molecule has 1 aromatic carbocycles. The number of halogens is 1. The zero-order valence-electron chi connectivity index (χ0n) is 18.5. The van der Waals surface area contributed by atoms with Gasteiger partial charge in [-0.1, -0.05) is 23.7 Å². The first-order valence-corrected chi connectivity index (χ1v) is 10.9. The van der Waals surface area contributed by atoms with Gasteiger partial charge in [-0.15, -0.1) is 5.10 Å². The number of likely N-dealkylation sites (tertiary alicyclic amines) is 1. The molecule has 1 fully saturated rings. The molecule has 2 amide bonds. The quantitative estimate of drug-likeness (QED) is 0.733. The fraction of sp³-hybridized carbons (Fsp3) is 0.478. The van der Waals surface area contributed by atoms with E-state index in [4.69, 9.17) is 11.6 Å². The van der Waals surface area contributed by atoms with Crippen molar-refractivity contribution in [1.82, 2.24) is 20.4 Å². The Kier molecular flexibility index (Phi) is 7.28. The highest BCUT2D eigenvalue weighted by Gasteiger charge is 2.27. The van der Waals surface area contributed by atoms with Gasteiger partial charge in [0.15, 0.2) is 5.15 Å². The lowest BCUT2D eigenvalue weighted by atomic mass is 9.94. The van der Waals surface area contributed by atoms with E-state index in [0.717, 1.165) is 38.0 Å². The third-order valence-electron chi connectivity index (χ3n) is 5.16. The molecule has 1 aromatic heterocycles. The summed E-state index contributed by atoms with van der Waals surface area (Å²) in [5.41, 5.74) is 2.53. The summed E-state index contributed by atoms with van der Waals surface area (Å²) < 4.78 is 0. The number of amides is 2. The number of benzene rings is 1. The molecule has 3 rings (SSSR count). The molecule has 0 bridgehead atoms. The minimum atomic E-state index is -0.314. The van der Waals surface area contributed by atoms with Crippen LogP contribution in [-0.4, -0.2) is 45.5 Å². The summed E-state index contributed by atoms with van der Waals surface area (Å²) in [4.78, 5) is 27.3. The minimum Gasteiger partial charge on any atom is -0.351 e. The van der Waals surface area contributed by atoms with Crippen molar-refractivity contribution in [1.29, 1.82) is 0 Å². The second-order valence-electron chi connectivity index (χ2n) is 9.13. The maximum atomic E-state index is 12.6. The number of piperidine rings is 1. The molecule has 2 N–H and O–H groups in total. The first kappa shape index (κ1) is 23.2. The smallest absolute Gasteiger partial charge is 0.258 e. The topological polar surface area (TPSA) is 87.2 Å². The van der Waals surface area contributed by atoms with Crippen LogP contribution in [0, 0.1) is 12.8 Å². The van der Waals surface area contributed by atoms with E-state index in [9.17, 15) is 9.59 Å². The monoisotopic (exact) mass is 443 g/mol. The van der Waals surface area contributed by atoms with Crippen LogP contribution in [0.3, 0.4) is 0 Å². The van der Waals surface area contributed by atoms with Gasteiger partial charge in [-0.05, 0) is 77.4 Å². The highest BCUT2D eigenvalue weighted by molar-refractivity contribution is 6.33. The summed E-state index contributed by atoms with van der Waals surface area (Å²) in [6.45, 7) is 10.3. The van der Waals surface area contributed by atoms with Gasteiger partial charge >= 0.3 is 0 Å². The predicted octanol–water partition coefficient (Wildman–Crippen LogP) is 3.82. The van der Waals surface area contributed by atoms with Crippen molar-refractivity contribution in [3.8, 4) is 0 Å². The zero-order chi connectivity index (χ0) is 22.6. The van der Waals surface area contributed by atoms with E-state index in [1.165, 1.54) is 0 Å². The van der Waals surface area contributed by atoms with E-state index in [1.54, 1.807) is 13.0 Å². The molecule has 31 heavy (non-hydrogen) atoms. The number of hydrogen-bond acceptors (Lipinski definition) is 5. The first-order chi connectivity index (χ1) is 14.6. The SMILES string of the molecule is Cc1cc(C(=O)Nc2cccc(CN3CCC(C(=O)NC(C)(C)C)CC3)c2)c(Cl)nn1. The van der Waals surface area contributed by atoms with E-state index in [2.05, 4.69) is 25.7 Å². The molecule has 166 valence electrons. The Morgan fingerprint density at radius 1 is 1.16 bits per heavy atom. The van der Waals surface area contributed by atoms with E-state index < -0.39 is 0 Å². The average molecular weight is 444 g/mol. The van der Waals surface area contributed by atoms with Crippen LogP contribution >= 0.6 is 11.6 Å². The van der Waals surface area contributed by atoms with Crippen LogP contribution < -0.4 is 10.6 Å². The molecule has 1 aliphatic heterocycles. The zero-order valence-corrected chi connectivity index (χ0v) is 19.3. The summed E-state index contributed by atoms with van der Waals surface area (Å²) in [5, 5.41) is 13.7. The van der Waals surface area contributed by atoms with E-state index >= 15 is 0 Å². The number of carbonyl (C=O) groups excluding carboxylic acids is 2. The summed E-state index contributed by atoms with van der Waals surface area (Å²) in [7, 11) is 0. The van der Waals surface area contributed by atoms with E-state index in [-0.39, 0.29) is 28.4 Å². The normalized spacial score (nSPS) is 15.5. The Labute approximate surface area is 188 Å². The molecule has 0 saturated carbocycles. The molecule has 0 spiro atoms. The third-order valence-corrected chi connectivity index (χ3v) is 5.44. The fourth-order valence-corrected chi connectivity index (χ4v) is 3.84. The molecular weight excluding hydrogens is 414 g/mol. The second kappa shape index (κ2) is 9.75. The first-order valence-electron chi connectivity index (χ1n) is 10.6. The maximum absolute atomic E-state index is 12.6. The van der Waals surface area contributed by atoms with Crippen LogP contribution in [-0.2, 0) is 11.3 Å². The molecule has 2 aromatic rings. The number of rotatable bonds is 5. The number of aryl methyl sites for hydroxylation is 1. The van der Waals surface area contributed by atoms with Gasteiger partial charge in [0.25, 0.3) is 5.91 Å². The second-order valence-corrected chi connectivity index (χ2v) is 9.49. The Bertz CT molecular complexity index is 949. The van der Waals surface area contributed by atoms with Gasteiger partial charge in [0.1, 0.15) is 0 Å². The van der Waals surface area contributed by atoms with Crippen LogP contribution in [0.4, 0.5) is 5.69 Å². The highest BCUT2D eigenvalue weighted by atomic mass is 35.5. The minimum absolute atomic E-state index is 0.0725. The molecule has 0 atom stereocenters. The van der Waals surface area contributed by atoms with E-state index in [1.807, 2.05) is 45.0 Å². The molecule has 8 heteroatoms. The Morgan fingerprint density at radius 3 is 2.55 bits per heavy atom. The maximum Gasteiger partial charge on any atom is 0.258 e. The van der Waals surface area contributed by atoms with Crippen LogP contribution in [0.1, 0.15) is 55.2 Å². The lowest BCUT2D eigenvalue weighted by Crippen LogP contribution is -2.46. The van der Waals surface area contributed by atoms with Crippen molar-refractivity contribution in [3.05, 3.63) is 52.3 Å². The Morgan fingerprint density at radius 2 is 1.87 bits per heavy atom. The number of carbonyl (C=O) groups is 2. The molecule has 7 nitrogen and oxygen atoms in total. The average Bonchev–Trinajstić information content (AvgIpc) is 2.69. The fourth-order valence-electron chi connectivity index (χ4n) is 3.66. The molecular formula is C23H30ClN5O2. The molecule has 2 heterocycles. The van der Waals surface area contributed by atoms with Crippen LogP contribution in [0.25, 0.3) is 0 Å². The van der Waals surface area contributed by atoms with Crippen LogP contribution in [0.15, 0.2) is 30.3 Å². The van der Waals surface area contributed by atoms with Gasteiger partial charge in [-0.3, -0.25) is 14.5 Å². The summed E-state index contributed by atoms with van der Waals surface area (Å²) in [5.74, 6) is -0.0922. The van der Waals surface area contributed by atoms with Crippen molar-refractivity contribution in [2.75, 3.05) is 18.4 Å². The number of aromatic nitrogens is 2. The van der Waals surface area contributed by atoms with Gasteiger partial charge in [-0.2, -0.15) is 5.10 Å². The Hall–Kier alpha value is -2.51. The number of hydrogen-bond donors (Lipinski definition) is 2. The number of nitrogens with zero attached hydrogens (tertiary/aromatic N) is 3. The Balaban J connectivity index is 1.56. The predicted molar refractivity (Wildman–Crippen MR) is 122 cm³/mol. The third kappa shape index (κ3) is 6.74. The number of anilines is 1. The van der Waals surface area contributed by atoms with Gasteiger partial charge < -0.3 is 10.6 Å². The molecule has 0 aliphatic carbocycles. The van der Waals surface area contributed by atoms with Crippen LogP contribution in [0.5, 0.6) is 0 Å². The van der Waals surface area contributed by atoms with Crippen LogP contribution in [0.2, 0.25) is 5.15 Å². The lowest BCUT2D eigenvalue weighted by Gasteiger charge is -2.33. The lowest BCUT2D eigenvalue weighted by molar-refractivity contribution is -0.127. The van der Waals surface area contributed by atoms with Crippen molar-refractivity contribution in [2.24, 2.45) is 5.92 Å². The highest BCUT2D eigenvalue weighted by Crippen LogP contribution is 2.22. The molecule has 1 aliphatic rings. The summed E-state index contributed by atoms with van der Waals surface area (Å²) >= 11 is 6.02. The molecule has 0 radical (unpaired) electrons. The van der Waals surface area contributed by atoms with Gasteiger partial charge in [-0.25, -0.2) is 0 Å². The van der Waals surface area contributed by atoms with Crippen molar-refractivity contribution in [2.45, 2.75) is 52.6 Å². The largest absolute Gasteiger partial charge is 0.351 e. The standard InChI is InChI=1S/C23H30ClN5O2/c1-15-12-19(20(24)28-27-15)22(31)25-18-7-5-6-16(13-18)14-29-10-8-17(9-11-29)21(30)26-23(2,3)4/h5-7,12-13,17H,8-11,14H2,1-4H3,(H,25,31)(H,26,30). The van der Waals surface area contributed by atoms with Gasteiger partial charge in [0.05, 0.1) is 11.3 Å². The van der Waals surface area contributed by atoms with E-state index in [0.29, 0.717) is 16.9 Å². The van der Waals surface area contributed by atoms with Gasteiger partial charge in [0, 0.05) is 23.7 Å².